The smallest absolute Gasteiger partial charge is 0.202 e. The fraction of sp³-hybridized carbons (Fsp3) is 0.333. The van der Waals surface area contributed by atoms with Gasteiger partial charge in [0.25, 0.3) is 0 Å². The van der Waals surface area contributed by atoms with Gasteiger partial charge in [0.1, 0.15) is 5.82 Å². The maximum absolute atomic E-state index is 5.83. The Kier molecular flexibility index (Phi) is 4.34. The van der Waals surface area contributed by atoms with Gasteiger partial charge in [0.2, 0.25) is 5.13 Å². The minimum Gasteiger partial charge on any atom is -0.356 e. The molecule has 1 aromatic carbocycles. The van der Waals surface area contributed by atoms with Gasteiger partial charge in [0.05, 0.1) is 0 Å². The third-order valence-electron chi connectivity index (χ3n) is 2.30. The maximum atomic E-state index is 5.83. The van der Waals surface area contributed by atoms with E-state index in [-0.39, 0.29) is 0 Å². The van der Waals surface area contributed by atoms with E-state index in [1.54, 1.807) is 0 Å². The Balaban J connectivity index is 1.90. The van der Waals surface area contributed by atoms with E-state index in [0.29, 0.717) is 0 Å². The first-order valence-corrected chi connectivity index (χ1v) is 6.74. The number of rotatable bonds is 5. The molecule has 0 bridgehead atoms. The molecule has 1 aromatic heterocycles. The Morgan fingerprint density at radius 1 is 1.29 bits per heavy atom. The zero-order valence-electron chi connectivity index (χ0n) is 9.61. The Labute approximate surface area is 110 Å². The standard InChI is InChI=1S/C12H14ClN3S/c1-2-3-11-15-12(17-16-11)14-8-9-4-6-10(13)7-5-9/h4-7H,2-3,8H2,1H3,(H,14,15,16). The van der Waals surface area contributed by atoms with Crippen LogP contribution in [0.15, 0.2) is 24.3 Å². The van der Waals surface area contributed by atoms with Crippen molar-refractivity contribution in [2.45, 2.75) is 26.3 Å². The summed E-state index contributed by atoms with van der Waals surface area (Å²) in [6.07, 6.45) is 2.02. The normalized spacial score (nSPS) is 10.5. The molecule has 0 unspecified atom stereocenters. The van der Waals surface area contributed by atoms with Crippen molar-refractivity contribution < 1.29 is 0 Å². The molecule has 5 heteroatoms. The first-order chi connectivity index (χ1) is 8.28. The summed E-state index contributed by atoms with van der Waals surface area (Å²) in [7, 11) is 0. The summed E-state index contributed by atoms with van der Waals surface area (Å²) < 4.78 is 4.28. The number of benzene rings is 1. The molecule has 0 saturated heterocycles. The number of nitrogens with zero attached hydrogens (tertiary/aromatic N) is 2. The first-order valence-electron chi connectivity index (χ1n) is 5.59. The number of aryl methyl sites for hydroxylation is 1. The van der Waals surface area contributed by atoms with Gasteiger partial charge in [-0.2, -0.15) is 4.37 Å². The molecule has 0 aliphatic carbocycles. The summed E-state index contributed by atoms with van der Waals surface area (Å²) in [6.45, 7) is 2.87. The van der Waals surface area contributed by atoms with Gasteiger partial charge >= 0.3 is 0 Å². The van der Waals surface area contributed by atoms with E-state index in [2.05, 4.69) is 21.6 Å². The van der Waals surface area contributed by atoms with Gasteiger partial charge in [0.15, 0.2) is 0 Å². The molecule has 1 N–H and O–H groups in total. The van der Waals surface area contributed by atoms with Crippen LogP contribution in [0.5, 0.6) is 0 Å². The van der Waals surface area contributed by atoms with E-state index >= 15 is 0 Å². The lowest BCUT2D eigenvalue weighted by molar-refractivity contribution is 0.861. The molecule has 0 saturated carbocycles. The molecule has 3 nitrogen and oxygen atoms in total. The van der Waals surface area contributed by atoms with Crippen LogP contribution in [0.25, 0.3) is 0 Å². The highest BCUT2D eigenvalue weighted by Crippen LogP contribution is 2.15. The zero-order chi connectivity index (χ0) is 12.1. The molecule has 1 heterocycles. The van der Waals surface area contributed by atoms with Crippen LogP contribution >= 0.6 is 23.1 Å². The van der Waals surface area contributed by atoms with Crippen molar-refractivity contribution in [2.75, 3.05) is 5.32 Å². The lowest BCUT2D eigenvalue weighted by atomic mass is 10.2. The van der Waals surface area contributed by atoms with Crippen LogP contribution in [0.4, 0.5) is 5.13 Å². The van der Waals surface area contributed by atoms with E-state index in [0.717, 1.165) is 35.4 Å². The van der Waals surface area contributed by atoms with Gasteiger partial charge in [-0.1, -0.05) is 30.7 Å². The molecule has 2 aromatic rings. The minimum atomic E-state index is 0.748. The van der Waals surface area contributed by atoms with Crippen molar-refractivity contribution in [3.8, 4) is 0 Å². The van der Waals surface area contributed by atoms with Crippen LogP contribution in [0.2, 0.25) is 5.02 Å². The lowest BCUT2D eigenvalue weighted by Crippen LogP contribution is -1.98. The number of hydrogen-bond acceptors (Lipinski definition) is 4. The fourth-order valence-corrected chi connectivity index (χ4v) is 2.16. The van der Waals surface area contributed by atoms with Crippen molar-refractivity contribution in [2.24, 2.45) is 0 Å². The molecule has 0 spiro atoms. The Bertz CT molecular complexity index is 467. The number of hydrogen-bond donors (Lipinski definition) is 1. The van der Waals surface area contributed by atoms with Crippen LogP contribution in [-0.4, -0.2) is 9.36 Å². The summed E-state index contributed by atoms with van der Waals surface area (Å²) in [4.78, 5) is 4.40. The molecule has 0 amide bonds. The van der Waals surface area contributed by atoms with Crippen LogP contribution in [-0.2, 0) is 13.0 Å². The monoisotopic (exact) mass is 267 g/mol. The Morgan fingerprint density at radius 2 is 2.06 bits per heavy atom. The minimum absolute atomic E-state index is 0.748. The summed E-state index contributed by atoms with van der Waals surface area (Å²) in [5.41, 5.74) is 1.18. The second-order valence-electron chi connectivity index (χ2n) is 3.75. The van der Waals surface area contributed by atoms with Gasteiger partial charge in [-0.15, -0.1) is 0 Å². The number of aromatic nitrogens is 2. The SMILES string of the molecule is CCCc1nsc(NCc2ccc(Cl)cc2)n1. The highest BCUT2D eigenvalue weighted by molar-refractivity contribution is 7.09. The zero-order valence-corrected chi connectivity index (χ0v) is 11.2. The molecule has 2 rings (SSSR count). The van der Waals surface area contributed by atoms with Gasteiger partial charge in [-0.3, -0.25) is 0 Å². The maximum Gasteiger partial charge on any atom is 0.202 e. The third-order valence-corrected chi connectivity index (χ3v) is 3.26. The quantitative estimate of drug-likeness (QED) is 0.896. The largest absolute Gasteiger partial charge is 0.356 e. The van der Waals surface area contributed by atoms with Crippen LogP contribution in [0, 0.1) is 0 Å². The van der Waals surface area contributed by atoms with Gasteiger partial charge in [-0.05, 0) is 24.1 Å². The summed E-state index contributed by atoms with van der Waals surface area (Å²) in [5, 5.41) is 4.90. The summed E-state index contributed by atoms with van der Waals surface area (Å²) in [6, 6.07) is 7.79. The molecular formula is C12H14ClN3S. The second kappa shape index (κ2) is 5.98. The molecule has 0 fully saturated rings. The number of anilines is 1. The predicted octanol–water partition coefficient (Wildman–Crippen LogP) is 3.76. The second-order valence-corrected chi connectivity index (χ2v) is 4.93. The average Bonchev–Trinajstić information content (AvgIpc) is 2.77. The summed E-state index contributed by atoms with van der Waals surface area (Å²) >= 11 is 7.24. The highest BCUT2D eigenvalue weighted by Gasteiger charge is 2.02. The predicted molar refractivity (Wildman–Crippen MR) is 72.7 cm³/mol. The Morgan fingerprint density at radius 3 is 2.76 bits per heavy atom. The van der Waals surface area contributed by atoms with Crippen LogP contribution < -0.4 is 5.32 Å². The van der Waals surface area contributed by atoms with Crippen molar-refractivity contribution in [1.82, 2.24) is 9.36 Å². The average molecular weight is 268 g/mol. The molecule has 17 heavy (non-hydrogen) atoms. The van der Waals surface area contributed by atoms with Crippen molar-refractivity contribution in [1.29, 1.82) is 0 Å². The van der Waals surface area contributed by atoms with Gasteiger partial charge < -0.3 is 5.32 Å². The molecule has 0 radical (unpaired) electrons. The third kappa shape index (κ3) is 3.68. The first kappa shape index (κ1) is 12.3. The van der Waals surface area contributed by atoms with E-state index in [4.69, 9.17) is 11.6 Å². The molecular weight excluding hydrogens is 254 g/mol. The molecule has 0 aliphatic heterocycles. The highest BCUT2D eigenvalue weighted by atomic mass is 35.5. The fourth-order valence-electron chi connectivity index (χ4n) is 1.43. The molecule has 0 atom stereocenters. The van der Waals surface area contributed by atoms with Gasteiger partial charge in [0, 0.05) is 29.5 Å². The lowest BCUT2D eigenvalue weighted by Gasteiger charge is -2.01. The number of nitrogens with one attached hydrogen (secondary N) is 1. The van der Waals surface area contributed by atoms with Crippen LogP contribution in [0.1, 0.15) is 24.7 Å². The topological polar surface area (TPSA) is 37.8 Å². The molecule has 90 valence electrons. The van der Waals surface area contributed by atoms with E-state index in [1.807, 2.05) is 24.3 Å². The summed E-state index contributed by atoms with van der Waals surface area (Å²) in [5.74, 6) is 0.927. The van der Waals surface area contributed by atoms with E-state index in [9.17, 15) is 0 Å². The van der Waals surface area contributed by atoms with Crippen molar-refractivity contribution >= 4 is 28.3 Å². The van der Waals surface area contributed by atoms with Gasteiger partial charge in [-0.25, -0.2) is 4.98 Å². The number of halogens is 1. The van der Waals surface area contributed by atoms with E-state index in [1.165, 1.54) is 17.1 Å². The Hall–Kier alpha value is -1.13. The van der Waals surface area contributed by atoms with Crippen LogP contribution in [0.3, 0.4) is 0 Å². The van der Waals surface area contributed by atoms with Crippen molar-refractivity contribution in [3.63, 3.8) is 0 Å². The van der Waals surface area contributed by atoms with Crippen molar-refractivity contribution in [3.05, 3.63) is 40.7 Å². The van der Waals surface area contributed by atoms with E-state index < -0.39 is 0 Å². The molecule has 0 aliphatic rings.